The molecule has 2 aromatic heterocycles. The molecule has 21 heavy (non-hydrogen) atoms. The van der Waals surface area contributed by atoms with Crippen LogP contribution >= 0.6 is 0 Å². The number of fused-ring (bicyclic) bond motifs is 1. The summed E-state index contributed by atoms with van der Waals surface area (Å²) in [6.45, 7) is 2.69. The molecule has 2 heterocycles. The summed E-state index contributed by atoms with van der Waals surface area (Å²) in [6.07, 6.45) is 0. The van der Waals surface area contributed by atoms with Crippen LogP contribution in [-0.2, 0) is 13.1 Å². The lowest BCUT2D eigenvalue weighted by Gasteiger charge is -2.02. The van der Waals surface area contributed by atoms with Crippen molar-refractivity contribution in [3.8, 4) is 0 Å². The molecule has 6 nitrogen and oxygen atoms in total. The van der Waals surface area contributed by atoms with E-state index in [0.29, 0.717) is 30.0 Å². The topological polar surface area (TPSA) is 88.5 Å². The van der Waals surface area contributed by atoms with Gasteiger partial charge in [-0.2, -0.15) is 0 Å². The molecule has 2 N–H and O–H groups in total. The van der Waals surface area contributed by atoms with E-state index < -0.39 is 5.97 Å². The Labute approximate surface area is 120 Å². The second-order valence-electron chi connectivity index (χ2n) is 4.75. The highest BCUT2D eigenvalue weighted by Crippen LogP contribution is 2.25. The third kappa shape index (κ3) is 2.66. The first-order chi connectivity index (χ1) is 10.1. The van der Waals surface area contributed by atoms with Crippen LogP contribution in [0.1, 0.15) is 27.6 Å². The normalized spacial score (nSPS) is 11.1. The highest BCUT2D eigenvalue weighted by atomic mass is 16.5. The molecule has 108 valence electrons. The Bertz CT molecular complexity index is 788. The highest BCUT2D eigenvalue weighted by Gasteiger charge is 2.19. The smallest absolute Gasteiger partial charge is 0.372 e. The number of rotatable bonds is 5. The molecule has 0 aliphatic heterocycles. The molecule has 0 fully saturated rings. The average Bonchev–Trinajstić information content (AvgIpc) is 3.03. The van der Waals surface area contributed by atoms with E-state index >= 15 is 0 Å². The summed E-state index contributed by atoms with van der Waals surface area (Å²) in [7, 11) is 0. The fourth-order valence-electron chi connectivity index (χ4n) is 2.26. The van der Waals surface area contributed by atoms with Gasteiger partial charge in [0.05, 0.1) is 12.2 Å². The highest BCUT2D eigenvalue weighted by molar-refractivity contribution is 5.95. The summed E-state index contributed by atoms with van der Waals surface area (Å²) in [5.41, 5.74) is 2.02. The van der Waals surface area contributed by atoms with E-state index in [-0.39, 0.29) is 5.76 Å². The van der Waals surface area contributed by atoms with E-state index in [4.69, 9.17) is 8.94 Å². The second-order valence-corrected chi connectivity index (χ2v) is 4.75. The lowest BCUT2D eigenvalue weighted by Crippen LogP contribution is -2.14. The maximum atomic E-state index is 11.3. The van der Waals surface area contributed by atoms with Gasteiger partial charge in [0.2, 0.25) is 5.76 Å². The fourth-order valence-corrected chi connectivity index (χ4v) is 2.26. The minimum absolute atomic E-state index is 0.0301. The van der Waals surface area contributed by atoms with Crippen LogP contribution in [0.5, 0.6) is 0 Å². The van der Waals surface area contributed by atoms with Crippen molar-refractivity contribution in [2.75, 3.05) is 0 Å². The van der Waals surface area contributed by atoms with Crippen molar-refractivity contribution in [1.82, 2.24) is 10.5 Å². The van der Waals surface area contributed by atoms with E-state index in [1.165, 1.54) is 0 Å². The maximum absolute atomic E-state index is 11.3. The van der Waals surface area contributed by atoms with Gasteiger partial charge in [-0.3, -0.25) is 0 Å². The molecular weight excluding hydrogens is 272 g/mol. The molecule has 0 saturated carbocycles. The first-order valence-electron chi connectivity index (χ1n) is 6.52. The number of aryl methyl sites for hydroxylation is 1. The summed E-state index contributed by atoms with van der Waals surface area (Å²) >= 11 is 0. The Balaban J connectivity index is 1.82. The van der Waals surface area contributed by atoms with E-state index in [9.17, 15) is 9.90 Å². The molecule has 0 aliphatic rings. The lowest BCUT2D eigenvalue weighted by molar-refractivity contribution is 0.0663. The molecule has 0 radical (unpaired) electrons. The fraction of sp³-hybridized carbons (Fsp3) is 0.200. The number of furan rings is 1. The van der Waals surface area contributed by atoms with Gasteiger partial charge in [0.15, 0.2) is 5.76 Å². The Kier molecular flexibility index (Phi) is 3.45. The number of nitrogens with zero attached hydrogens (tertiary/aromatic N) is 1. The lowest BCUT2D eigenvalue weighted by atomic mass is 10.1. The van der Waals surface area contributed by atoms with Crippen molar-refractivity contribution in [2.24, 2.45) is 0 Å². The standard InChI is InChI=1S/C15H14N2O4/c1-9-6-10(21-17-9)7-16-8-12-11-4-2-3-5-13(11)20-14(12)15(18)19/h2-6,16H,7-8H2,1H3,(H,18,19). The number of hydrogen-bond acceptors (Lipinski definition) is 5. The summed E-state index contributed by atoms with van der Waals surface area (Å²) in [5, 5.41) is 17.0. The largest absolute Gasteiger partial charge is 0.475 e. The number of carbonyl (C=O) groups is 1. The average molecular weight is 286 g/mol. The van der Waals surface area contributed by atoms with Gasteiger partial charge < -0.3 is 19.4 Å². The van der Waals surface area contributed by atoms with Gasteiger partial charge in [-0.15, -0.1) is 0 Å². The van der Waals surface area contributed by atoms with E-state index in [1.807, 2.05) is 31.2 Å². The zero-order valence-corrected chi connectivity index (χ0v) is 11.4. The van der Waals surface area contributed by atoms with Gasteiger partial charge in [-0.25, -0.2) is 4.79 Å². The van der Waals surface area contributed by atoms with Crippen LogP contribution < -0.4 is 5.32 Å². The number of benzene rings is 1. The molecule has 1 aromatic carbocycles. The number of aromatic nitrogens is 1. The van der Waals surface area contributed by atoms with Crippen molar-refractivity contribution in [2.45, 2.75) is 20.0 Å². The van der Waals surface area contributed by atoms with E-state index in [0.717, 1.165) is 11.1 Å². The van der Waals surface area contributed by atoms with E-state index in [1.54, 1.807) is 6.07 Å². The minimum atomic E-state index is -1.07. The number of hydrogen-bond donors (Lipinski definition) is 2. The Morgan fingerprint density at radius 3 is 2.86 bits per heavy atom. The number of nitrogens with one attached hydrogen (secondary N) is 1. The quantitative estimate of drug-likeness (QED) is 0.749. The van der Waals surface area contributed by atoms with E-state index in [2.05, 4.69) is 10.5 Å². The molecule has 3 rings (SSSR count). The SMILES string of the molecule is Cc1cc(CNCc2c(C(=O)O)oc3ccccc23)on1. The number of para-hydroxylation sites is 1. The molecule has 0 bridgehead atoms. The van der Waals surface area contributed by atoms with Crippen LogP contribution in [0.15, 0.2) is 39.3 Å². The van der Waals surface area contributed by atoms with Gasteiger partial charge in [-0.1, -0.05) is 23.4 Å². The van der Waals surface area contributed by atoms with Crippen molar-refractivity contribution in [3.63, 3.8) is 0 Å². The van der Waals surface area contributed by atoms with Crippen LogP contribution in [-0.4, -0.2) is 16.2 Å². The van der Waals surface area contributed by atoms with Crippen LogP contribution in [0.4, 0.5) is 0 Å². The van der Waals surface area contributed by atoms with Crippen molar-refractivity contribution < 1.29 is 18.8 Å². The van der Waals surface area contributed by atoms with Gasteiger partial charge in [-0.05, 0) is 13.0 Å². The van der Waals surface area contributed by atoms with Crippen molar-refractivity contribution in [3.05, 3.63) is 53.1 Å². The molecule has 0 unspecified atom stereocenters. The summed E-state index contributed by atoms with van der Waals surface area (Å²) in [4.78, 5) is 11.3. The van der Waals surface area contributed by atoms with Crippen molar-refractivity contribution in [1.29, 1.82) is 0 Å². The zero-order valence-electron chi connectivity index (χ0n) is 11.4. The van der Waals surface area contributed by atoms with Gasteiger partial charge in [0, 0.05) is 23.6 Å². The summed E-state index contributed by atoms with van der Waals surface area (Å²) in [5.74, 6) is -0.395. The van der Waals surface area contributed by atoms with Crippen LogP contribution in [0.25, 0.3) is 11.0 Å². The first kappa shape index (κ1) is 13.4. The minimum Gasteiger partial charge on any atom is -0.475 e. The van der Waals surface area contributed by atoms with Crippen LogP contribution in [0.2, 0.25) is 0 Å². The number of aromatic carboxylic acids is 1. The Morgan fingerprint density at radius 2 is 2.14 bits per heavy atom. The van der Waals surface area contributed by atoms with Crippen LogP contribution in [0.3, 0.4) is 0 Å². The molecule has 0 atom stereocenters. The third-order valence-corrected chi connectivity index (χ3v) is 3.17. The molecule has 6 heteroatoms. The summed E-state index contributed by atoms with van der Waals surface area (Å²) < 4.78 is 10.5. The molecule has 0 saturated heterocycles. The van der Waals surface area contributed by atoms with Gasteiger partial charge in [0.1, 0.15) is 5.58 Å². The molecular formula is C15H14N2O4. The van der Waals surface area contributed by atoms with Crippen molar-refractivity contribution >= 4 is 16.9 Å². The van der Waals surface area contributed by atoms with Crippen LogP contribution in [0, 0.1) is 6.92 Å². The molecule has 0 aliphatic carbocycles. The summed E-state index contributed by atoms with van der Waals surface area (Å²) in [6, 6.07) is 9.10. The number of carboxylic acid groups (broad SMARTS) is 1. The second kappa shape index (κ2) is 5.41. The third-order valence-electron chi connectivity index (χ3n) is 3.17. The molecule has 0 amide bonds. The molecule has 3 aromatic rings. The monoisotopic (exact) mass is 286 g/mol. The zero-order chi connectivity index (χ0) is 14.8. The first-order valence-corrected chi connectivity index (χ1v) is 6.52. The Hall–Kier alpha value is -2.60. The maximum Gasteiger partial charge on any atom is 0.372 e. The predicted octanol–water partition coefficient (Wildman–Crippen LogP) is 2.72. The van der Waals surface area contributed by atoms with Gasteiger partial charge >= 0.3 is 5.97 Å². The molecule has 0 spiro atoms. The number of carboxylic acids is 1. The Morgan fingerprint density at radius 1 is 1.33 bits per heavy atom. The van der Waals surface area contributed by atoms with Gasteiger partial charge in [0.25, 0.3) is 0 Å². The predicted molar refractivity (Wildman–Crippen MR) is 75.0 cm³/mol.